The number of rotatable bonds is 2. The molecule has 0 radical (unpaired) electrons. The maximum atomic E-state index is 11.2. The van der Waals surface area contributed by atoms with Gasteiger partial charge in [-0.1, -0.05) is 6.07 Å². The number of nitrogens with one attached hydrogen (secondary N) is 2. The first kappa shape index (κ1) is 10.9. The van der Waals surface area contributed by atoms with Gasteiger partial charge in [0.2, 0.25) is 0 Å². The number of hydrogen-bond donors (Lipinski definition) is 2. The summed E-state index contributed by atoms with van der Waals surface area (Å²) in [6.07, 6.45) is 0.996. The van der Waals surface area contributed by atoms with Crippen molar-refractivity contribution < 1.29 is 4.74 Å². The van der Waals surface area contributed by atoms with Gasteiger partial charge in [-0.2, -0.15) is 0 Å². The summed E-state index contributed by atoms with van der Waals surface area (Å²) in [6, 6.07) is 5.78. The summed E-state index contributed by atoms with van der Waals surface area (Å²) in [5.41, 5.74) is 2.46. The highest BCUT2D eigenvalue weighted by Gasteiger charge is 2.25. The minimum atomic E-state index is -0.188. The van der Waals surface area contributed by atoms with E-state index in [1.165, 1.54) is 0 Å². The van der Waals surface area contributed by atoms with Crippen LogP contribution in [0.25, 0.3) is 11.0 Å². The normalized spacial score (nSPS) is 22.1. The predicted molar refractivity (Wildman–Crippen MR) is 66.4 cm³/mol. The number of alkyl halides is 1. The Morgan fingerprint density at radius 2 is 2.18 bits per heavy atom. The lowest BCUT2D eigenvalue weighted by molar-refractivity contribution is 0.185. The van der Waals surface area contributed by atoms with Gasteiger partial charge in [-0.25, -0.2) is 4.79 Å². The molecule has 1 aromatic heterocycles. The van der Waals surface area contributed by atoms with E-state index in [0.717, 1.165) is 36.2 Å². The second kappa shape index (κ2) is 4.20. The van der Waals surface area contributed by atoms with Gasteiger partial charge in [0.25, 0.3) is 0 Å². The van der Waals surface area contributed by atoms with Gasteiger partial charge >= 0.3 is 5.69 Å². The van der Waals surface area contributed by atoms with Crippen molar-refractivity contribution in [2.24, 2.45) is 5.92 Å². The third-order valence-electron chi connectivity index (χ3n) is 3.24. The largest absolute Gasteiger partial charge is 0.381 e. The first-order valence-corrected chi connectivity index (χ1v) is 6.11. The van der Waals surface area contributed by atoms with Gasteiger partial charge in [0.1, 0.15) is 0 Å². The summed E-state index contributed by atoms with van der Waals surface area (Å²) < 4.78 is 5.34. The van der Waals surface area contributed by atoms with Crippen molar-refractivity contribution in [1.82, 2.24) is 9.97 Å². The van der Waals surface area contributed by atoms with Crippen molar-refractivity contribution in [3.63, 3.8) is 0 Å². The molecule has 3 rings (SSSR count). The molecule has 1 aliphatic rings. The zero-order valence-corrected chi connectivity index (χ0v) is 9.96. The highest BCUT2D eigenvalue weighted by atomic mass is 35.5. The van der Waals surface area contributed by atoms with Gasteiger partial charge in [-0.15, -0.1) is 11.6 Å². The van der Waals surface area contributed by atoms with Crippen molar-refractivity contribution in [1.29, 1.82) is 0 Å². The van der Waals surface area contributed by atoms with E-state index in [0.29, 0.717) is 5.92 Å². The van der Waals surface area contributed by atoms with Gasteiger partial charge in [-0.05, 0) is 24.1 Å². The standard InChI is InChI=1S/C12H13ClN2O2/c13-11(8-3-4-17-6-8)7-1-2-9-10(5-7)15-12(16)14-9/h1-2,5,8,11H,3-4,6H2,(H2,14,15,16). The van der Waals surface area contributed by atoms with Crippen LogP contribution in [-0.2, 0) is 4.74 Å². The molecule has 1 aliphatic heterocycles. The van der Waals surface area contributed by atoms with E-state index in [-0.39, 0.29) is 11.1 Å². The molecule has 0 amide bonds. The molecule has 0 saturated carbocycles. The van der Waals surface area contributed by atoms with Crippen LogP contribution >= 0.6 is 11.6 Å². The minimum Gasteiger partial charge on any atom is -0.381 e. The third-order valence-corrected chi connectivity index (χ3v) is 3.85. The van der Waals surface area contributed by atoms with Crippen LogP contribution in [0, 0.1) is 5.92 Å². The monoisotopic (exact) mass is 252 g/mol. The van der Waals surface area contributed by atoms with Crippen LogP contribution in [0.15, 0.2) is 23.0 Å². The van der Waals surface area contributed by atoms with Crippen LogP contribution in [0.5, 0.6) is 0 Å². The van der Waals surface area contributed by atoms with E-state index in [4.69, 9.17) is 16.3 Å². The zero-order chi connectivity index (χ0) is 11.8. The maximum absolute atomic E-state index is 11.2. The Kier molecular flexibility index (Phi) is 2.68. The molecule has 1 saturated heterocycles. The van der Waals surface area contributed by atoms with E-state index in [9.17, 15) is 4.79 Å². The summed E-state index contributed by atoms with van der Waals surface area (Å²) in [7, 11) is 0. The van der Waals surface area contributed by atoms with Crippen LogP contribution in [0.4, 0.5) is 0 Å². The molecule has 0 spiro atoms. The number of aromatic amines is 2. The molecular formula is C12H13ClN2O2. The molecule has 0 bridgehead atoms. The predicted octanol–water partition coefficient (Wildman–Crippen LogP) is 2.17. The summed E-state index contributed by atoms with van der Waals surface area (Å²) in [6.45, 7) is 1.51. The van der Waals surface area contributed by atoms with Crippen LogP contribution in [0.3, 0.4) is 0 Å². The Labute approximate surface area is 103 Å². The number of hydrogen-bond acceptors (Lipinski definition) is 2. The Bertz CT molecular complexity index is 583. The molecule has 2 aromatic rings. The van der Waals surface area contributed by atoms with Crippen LogP contribution in [0.1, 0.15) is 17.4 Å². The van der Waals surface area contributed by atoms with E-state index in [2.05, 4.69) is 9.97 Å². The molecule has 1 aromatic carbocycles. The molecule has 1 fully saturated rings. The van der Waals surface area contributed by atoms with Gasteiger partial charge in [0, 0.05) is 12.5 Å². The second-order valence-corrected chi connectivity index (χ2v) is 4.88. The smallest absolute Gasteiger partial charge is 0.323 e. The number of ether oxygens (including phenoxy) is 1. The van der Waals surface area contributed by atoms with Crippen LogP contribution < -0.4 is 5.69 Å². The van der Waals surface area contributed by atoms with Crippen molar-refractivity contribution in [2.75, 3.05) is 13.2 Å². The third kappa shape index (κ3) is 1.98. The SMILES string of the molecule is O=c1[nH]c2ccc(C(Cl)C3CCOC3)cc2[nH]1. The second-order valence-electron chi connectivity index (χ2n) is 4.41. The Morgan fingerprint density at radius 3 is 2.94 bits per heavy atom. The van der Waals surface area contributed by atoms with Crippen LogP contribution in [0.2, 0.25) is 0 Å². The lowest BCUT2D eigenvalue weighted by atomic mass is 9.98. The summed E-state index contributed by atoms with van der Waals surface area (Å²) in [5, 5.41) is -0.0553. The molecule has 90 valence electrons. The first-order chi connectivity index (χ1) is 8.24. The molecule has 0 aliphatic carbocycles. The average Bonchev–Trinajstić information content (AvgIpc) is 2.94. The van der Waals surface area contributed by atoms with Gasteiger partial charge in [0.15, 0.2) is 0 Å². The topological polar surface area (TPSA) is 57.9 Å². The first-order valence-electron chi connectivity index (χ1n) is 5.68. The Hall–Kier alpha value is -1.26. The van der Waals surface area contributed by atoms with Crippen molar-refractivity contribution in [3.8, 4) is 0 Å². The number of imidazole rings is 1. The van der Waals surface area contributed by atoms with E-state index < -0.39 is 0 Å². The van der Waals surface area contributed by atoms with Crippen molar-refractivity contribution >= 4 is 22.6 Å². The van der Waals surface area contributed by atoms with Gasteiger partial charge < -0.3 is 14.7 Å². The molecule has 2 unspecified atom stereocenters. The van der Waals surface area contributed by atoms with E-state index in [1.54, 1.807) is 0 Å². The number of aromatic nitrogens is 2. The van der Waals surface area contributed by atoms with Crippen molar-refractivity contribution in [3.05, 3.63) is 34.2 Å². The van der Waals surface area contributed by atoms with E-state index in [1.807, 2.05) is 18.2 Å². The Morgan fingerprint density at radius 1 is 1.35 bits per heavy atom. The fourth-order valence-electron chi connectivity index (χ4n) is 2.28. The highest BCUT2D eigenvalue weighted by molar-refractivity contribution is 6.21. The highest BCUT2D eigenvalue weighted by Crippen LogP contribution is 2.34. The molecule has 5 heteroatoms. The summed E-state index contributed by atoms with van der Waals surface area (Å²) >= 11 is 6.44. The average molecular weight is 253 g/mol. The van der Waals surface area contributed by atoms with E-state index >= 15 is 0 Å². The molecule has 2 N–H and O–H groups in total. The number of H-pyrrole nitrogens is 2. The minimum absolute atomic E-state index is 0.0553. The van der Waals surface area contributed by atoms with Crippen LogP contribution in [-0.4, -0.2) is 23.2 Å². The number of benzene rings is 1. The quantitative estimate of drug-likeness (QED) is 0.805. The lowest BCUT2D eigenvalue weighted by Gasteiger charge is -2.15. The maximum Gasteiger partial charge on any atom is 0.323 e. The fraction of sp³-hybridized carbons (Fsp3) is 0.417. The summed E-state index contributed by atoms with van der Waals surface area (Å²) in [4.78, 5) is 16.6. The zero-order valence-electron chi connectivity index (χ0n) is 9.20. The number of halogens is 1. The fourth-order valence-corrected chi connectivity index (χ4v) is 2.61. The Balaban J connectivity index is 1.96. The van der Waals surface area contributed by atoms with Crippen molar-refractivity contribution in [2.45, 2.75) is 11.8 Å². The summed E-state index contributed by atoms with van der Waals surface area (Å²) in [5.74, 6) is 0.361. The van der Waals surface area contributed by atoms with Gasteiger partial charge in [0.05, 0.1) is 23.0 Å². The number of fused-ring (bicyclic) bond motifs is 1. The molecule has 4 nitrogen and oxygen atoms in total. The molecular weight excluding hydrogens is 240 g/mol. The molecule has 17 heavy (non-hydrogen) atoms. The molecule has 2 atom stereocenters. The van der Waals surface area contributed by atoms with Gasteiger partial charge in [-0.3, -0.25) is 0 Å². The lowest BCUT2D eigenvalue weighted by Crippen LogP contribution is -2.07. The molecule has 2 heterocycles.